The van der Waals surface area contributed by atoms with Gasteiger partial charge in [-0.1, -0.05) is 18.2 Å². The van der Waals surface area contributed by atoms with Crippen molar-refractivity contribution in [2.45, 2.75) is 32.4 Å². The number of rotatable bonds is 6. The first-order valence-corrected chi connectivity index (χ1v) is 8.82. The first kappa shape index (κ1) is 18.0. The molecular formula is C21H22N2O3. The number of nitriles is 1. The molecule has 3 rings (SSSR count). The average Bonchev–Trinajstić information content (AvgIpc) is 2.86. The molecule has 1 heterocycles. The van der Waals surface area contributed by atoms with Crippen LogP contribution in [0.15, 0.2) is 42.5 Å². The number of hydrogen-bond donors (Lipinski definition) is 1. The SMILES string of the molecule is N#Cc1ccc(COc2ccc3c(c2)CN(CCC(=O)O)CCC3)cc1. The molecule has 0 bridgehead atoms. The maximum absolute atomic E-state index is 10.8. The average molecular weight is 350 g/mol. The molecule has 0 unspecified atom stereocenters. The lowest BCUT2D eigenvalue weighted by Gasteiger charge is -2.19. The van der Waals surface area contributed by atoms with Gasteiger partial charge in [0.15, 0.2) is 0 Å². The van der Waals surface area contributed by atoms with Gasteiger partial charge in [-0.25, -0.2) is 0 Å². The molecule has 0 radical (unpaired) electrons. The topological polar surface area (TPSA) is 73.6 Å². The molecule has 2 aromatic rings. The molecular weight excluding hydrogens is 328 g/mol. The molecule has 5 heteroatoms. The molecule has 134 valence electrons. The fourth-order valence-electron chi connectivity index (χ4n) is 3.18. The molecule has 2 aromatic carbocycles. The van der Waals surface area contributed by atoms with E-state index in [0.717, 1.165) is 37.2 Å². The zero-order valence-corrected chi connectivity index (χ0v) is 14.6. The fourth-order valence-corrected chi connectivity index (χ4v) is 3.18. The van der Waals surface area contributed by atoms with Crippen molar-refractivity contribution in [3.8, 4) is 11.8 Å². The summed E-state index contributed by atoms with van der Waals surface area (Å²) in [7, 11) is 0. The molecule has 0 aromatic heterocycles. The van der Waals surface area contributed by atoms with Crippen LogP contribution in [0, 0.1) is 11.3 Å². The van der Waals surface area contributed by atoms with Crippen LogP contribution < -0.4 is 4.74 Å². The highest BCUT2D eigenvalue weighted by atomic mass is 16.5. The normalized spacial score (nSPS) is 14.1. The number of aliphatic carboxylic acids is 1. The zero-order valence-electron chi connectivity index (χ0n) is 14.6. The van der Waals surface area contributed by atoms with Crippen LogP contribution in [0.4, 0.5) is 0 Å². The van der Waals surface area contributed by atoms with Crippen LogP contribution in [-0.4, -0.2) is 29.1 Å². The van der Waals surface area contributed by atoms with Crippen LogP contribution in [0.2, 0.25) is 0 Å². The van der Waals surface area contributed by atoms with Crippen LogP contribution in [0.25, 0.3) is 0 Å². The molecule has 0 spiro atoms. The molecule has 1 aliphatic heterocycles. The second-order valence-corrected chi connectivity index (χ2v) is 6.55. The smallest absolute Gasteiger partial charge is 0.304 e. The Bertz CT molecular complexity index is 809. The third-order valence-corrected chi connectivity index (χ3v) is 4.62. The largest absolute Gasteiger partial charge is 0.489 e. The predicted octanol–water partition coefficient (Wildman–Crippen LogP) is 3.36. The Morgan fingerprint density at radius 1 is 1.19 bits per heavy atom. The third kappa shape index (κ3) is 4.84. The highest BCUT2D eigenvalue weighted by molar-refractivity contribution is 5.66. The second kappa shape index (κ2) is 8.50. The van der Waals surface area contributed by atoms with Crippen LogP contribution in [0.5, 0.6) is 5.75 Å². The Labute approximate surface area is 153 Å². The van der Waals surface area contributed by atoms with Crippen LogP contribution in [-0.2, 0) is 24.4 Å². The van der Waals surface area contributed by atoms with Crippen molar-refractivity contribution in [3.63, 3.8) is 0 Å². The number of carboxylic acid groups (broad SMARTS) is 1. The van der Waals surface area contributed by atoms with Gasteiger partial charge in [-0.05, 0) is 60.3 Å². The summed E-state index contributed by atoms with van der Waals surface area (Å²) < 4.78 is 5.91. The third-order valence-electron chi connectivity index (χ3n) is 4.62. The lowest BCUT2D eigenvalue weighted by atomic mass is 10.0. The number of fused-ring (bicyclic) bond motifs is 1. The molecule has 0 saturated heterocycles. The van der Waals surface area contributed by atoms with Crippen molar-refractivity contribution in [1.29, 1.82) is 5.26 Å². The van der Waals surface area contributed by atoms with Crippen molar-refractivity contribution in [2.24, 2.45) is 0 Å². The van der Waals surface area contributed by atoms with Gasteiger partial charge in [-0.2, -0.15) is 5.26 Å². The van der Waals surface area contributed by atoms with Crippen LogP contribution in [0.3, 0.4) is 0 Å². The van der Waals surface area contributed by atoms with Crippen molar-refractivity contribution in [3.05, 3.63) is 64.7 Å². The molecule has 26 heavy (non-hydrogen) atoms. The summed E-state index contributed by atoms with van der Waals surface area (Å²) >= 11 is 0. The molecule has 1 aliphatic rings. The molecule has 1 N–H and O–H groups in total. The van der Waals surface area contributed by atoms with E-state index in [9.17, 15) is 4.79 Å². The number of aryl methyl sites for hydroxylation is 1. The molecule has 0 fully saturated rings. The summed E-state index contributed by atoms with van der Waals surface area (Å²) in [5.41, 5.74) is 4.18. The van der Waals surface area contributed by atoms with Gasteiger partial charge in [0.2, 0.25) is 0 Å². The van der Waals surface area contributed by atoms with E-state index in [2.05, 4.69) is 23.1 Å². The van der Waals surface area contributed by atoms with Gasteiger partial charge >= 0.3 is 5.97 Å². The van der Waals surface area contributed by atoms with Crippen molar-refractivity contribution >= 4 is 5.97 Å². The molecule has 5 nitrogen and oxygen atoms in total. The minimum absolute atomic E-state index is 0.171. The highest BCUT2D eigenvalue weighted by Gasteiger charge is 2.16. The Morgan fingerprint density at radius 2 is 2.00 bits per heavy atom. The summed E-state index contributed by atoms with van der Waals surface area (Å²) in [5.74, 6) is 0.0576. The van der Waals surface area contributed by atoms with Gasteiger partial charge in [-0.15, -0.1) is 0 Å². The molecule has 0 aliphatic carbocycles. The summed E-state index contributed by atoms with van der Waals surface area (Å²) in [6.45, 7) is 2.71. The maximum atomic E-state index is 10.8. The number of carboxylic acids is 1. The van der Waals surface area contributed by atoms with E-state index >= 15 is 0 Å². The maximum Gasteiger partial charge on any atom is 0.304 e. The Hall–Kier alpha value is -2.84. The summed E-state index contributed by atoms with van der Waals surface area (Å²) in [6.07, 6.45) is 2.22. The van der Waals surface area contributed by atoms with Gasteiger partial charge in [0, 0.05) is 13.1 Å². The first-order valence-electron chi connectivity index (χ1n) is 8.82. The Balaban J connectivity index is 1.65. The van der Waals surface area contributed by atoms with Gasteiger partial charge in [-0.3, -0.25) is 9.69 Å². The van der Waals surface area contributed by atoms with E-state index in [1.165, 1.54) is 11.1 Å². The van der Waals surface area contributed by atoms with Gasteiger partial charge in [0.1, 0.15) is 12.4 Å². The van der Waals surface area contributed by atoms with E-state index in [4.69, 9.17) is 15.1 Å². The second-order valence-electron chi connectivity index (χ2n) is 6.55. The first-order chi connectivity index (χ1) is 12.6. The van der Waals surface area contributed by atoms with Gasteiger partial charge in [0.25, 0.3) is 0 Å². The number of hydrogen-bond acceptors (Lipinski definition) is 4. The van der Waals surface area contributed by atoms with E-state index in [1.807, 2.05) is 18.2 Å². The monoisotopic (exact) mass is 350 g/mol. The van der Waals surface area contributed by atoms with Gasteiger partial charge in [0.05, 0.1) is 18.1 Å². The Morgan fingerprint density at radius 3 is 2.73 bits per heavy atom. The summed E-state index contributed by atoms with van der Waals surface area (Å²) in [4.78, 5) is 13.0. The number of benzene rings is 2. The molecule has 0 amide bonds. The van der Waals surface area contributed by atoms with Gasteiger partial charge < -0.3 is 9.84 Å². The van der Waals surface area contributed by atoms with E-state index in [0.29, 0.717) is 18.7 Å². The lowest BCUT2D eigenvalue weighted by Crippen LogP contribution is -2.26. The van der Waals surface area contributed by atoms with Crippen molar-refractivity contribution in [1.82, 2.24) is 4.90 Å². The summed E-state index contributed by atoms with van der Waals surface area (Å²) in [5, 5.41) is 17.7. The van der Waals surface area contributed by atoms with Crippen molar-refractivity contribution < 1.29 is 14.6 Å². The lowest BCUT2D eigenvalue weighted by molar-refractivity contribution is -0.137. The van der Waals surface area contributed by atoms with Crippen LogP contribution in [0.1, 0.15) is 35.1 Å². The standard InChI is InChI=1S/C21H22N2O3/c22-13-16-3-5-17(6-4-16)15-26-20-8-7-18-2-1-10-23(11-9-21(24)25)14-19(18)12-20/h3-8,12H,1-2,9-11,14-15H2,(H,24,25). The predicted molar refractivity (Wildman–Crippen MR) is 97.8 cm³/mol. The van der Waals surface area contributed by atoms with Crippen molar-refractivity contribution in [2.75, 3.05) is 13.1 Å². The number of carbonyl (C=O) groups is 1. The minimum atomic E-state index is -0.756. The van der Waals surface area contributed by atoms with E-state index < -0.39 is 5.97 Å². The quantitative estimate of drug-likeness (QED) is 0.865. The number of nitrogens with zero attached hydrogens (tertiary/aromatic N) is 2. The Kier molecular flexibility index (Phi) is 5.88. The van der Waals surface area contributed by atoms with Crippen LogP contribution >= 0.6 is 0 Å². The minimum Gasteiger partial charge on any atom is -0.489 e. The van der Waals surface area contributed by atoms with E-state index in [1.54, 1.807) is 12.1 Å². The highest BCUT2D eigenvalue weighted by Crippen LogP contribution is 2.24. The molecule has 0 atom stereocenters. The molecule has 0 saturated carbocycles. The fraction of sp³-hybridized carbons (Fsp3) is 0.333. The zero-order chi connectivity index (χ0) is 18.4. The number of ether oxygens (including phenoxy) is 1. The summed E-state index contributed by atoms with van der Waals surface area (Å²) in [6, 6.07) is 15.7. The van der Waals surface area contributed by atoms with E-state index in [-0.39, 0.29) is 6.42 Å².